The molecule has 0 aliphatic carbocycles. The number of rotatable bonds is 3. The van der Waals surface area contributed by atoms with E-state index in [0.29, 0.717) is 10.6 Å². The van der Waals surface area contributed by atoms with E-state index in [-0.39, 0.29) is 5.69 Å². The second-order valence-corrected chi connectivity index (χ2v) is 6.17. The highest BCUT2D eigenvalue weighted by Crippen LogP contribution is 2.25. The maximum absolute atomic E-state index is 13.5. The molecule has 2 aromatic carbocycles. The Morgan fingerprint density at radius 1 is 1.10 bits per heavy atom. The molecule has 0 radical (unpaired) electrons. The Bertz CT molecular complexity index is 743. The Morgan fingerprint density at radius 2 is 1.70 bits per heavy atom. The second kappa shape index (κ2) is 5.38. The molecule has 2 aromatic rings. The third-order valence-electron chi connectivity index (χ3n) is 2.62. The second-order valence-electron chi connectivity index (χ2n) is 4.12. The van der Waals surface area contributed by atoms with Gasteiger partial charge in [0.25, 0.3) is 10.0 Å². The summed E-state index contributed by atoms with van der Waals surface area (Å²) in [6.07, 6.45) is 0. The molecule has 0 spiro atoms. The van der Waals surface area contributed by atoms with Crippen LogP contribution in [0.4, 0.5) is 14.5 Å². The quantitative estimate of drug-likeness (QED) is 0.937. The van der Waals surface area contributed by atoms with Crippen LogP contribution in [0.25, 0.3) is 0 Å². The van der Waals surface area contributed by atoms with Gasteiger partial charge in [-0.3, -0.25) is 4.72 Å². The first kappa shape index (κ1) is 14.7. The largest absolute Gasteiger partial charge is 0.279 e. The fourth-order valence-corrected chi connectivity index (χ4v) is 3.17. The van der Waals surface area contributed by atoms with Gasteiger partial charge < -0.3 is 0 Å². The van der Waals surface area contributed by atoms with Gasteiger partial charge in [-0.1, -0.05) is 17.7 Å². The molecule has 0 fully saturated rings. The molecule has 0 aromatic heterocycles. The summed E-state index contributed by atoms with van der Waals surface area (Å²) in [4.78, 5) is -1.01. The van der Waals surface area contributed by atoms with Crippen molar-refractivity contribution in [2.45, 2.75) is 11.8 Å². The first-order chi connectivity index (χ1) is 9.31. The molecule has 1 N–H and O–H groups in total. The van der Waals surface area contributed by atoms with Crippen LogP contribution in [-0.4, -0.2) is 8.42 Å². The van der Waals surface area contributed by atoms with Gasteiger partial charge in [-0.25, -0.2) is 17.2 Å². The lowest BCUT2D eigenvalue weighted by atomic mass is 10.2. The van der Waals surface area contributed by atoms with Crippen LogP contribution in [0.15, 0.2) is 41.3 Å². The van der Waals surface area contributed by atoms with Crippen LogP contribution in [0.5, 0.6) is 0 Å². The highest BCUT2D eigenvalue weighted by atomic mass is 35.5. The van der Waals surface area contributed by atoms with Crippen LogP contribution < -0.4 is 4.72 Å². The Labute approximate surface area is 120 Å². The van der Waals surface area contributed by atoms with E-state index in [1.165, 1.54) is 18.2 Å². The van der Waals surface area contributed by atoms with Crippen molar-refractivity contribution < 1.29 is 17.2 Å². The topological polar surface area (TPSA) is 46.2 Å². The summed E-state index contributed by atoms with van der Waals surface area (Å²) in [6.45, 7) is 1.63. The summed E-state index contributed by atoms with van der Waals surface area (Å²) in [5.41, 5.74) is 0.745. The number of anilines is 1. The highest BCUT2D eigenvalue weighted by Gasteiger charge is 2.24. The Kier molecular flexibility index (Phi) is 3.96. The van der Waals surface area contributed by atoms with Crippen LogP contribution in [0.3, 0.4) is 0 Å². The molecule has 0 saturated carbocycles. The van der Waals surface area contributed by atoms with E-state index in [9.17, 15) is 17.2 Å². The Hall–Kier alpha value is -1.66. The zero-order chi connectivity index (χ0) is 14.9. The highest BCUT2D eigenvalue weighted by molar-refractivity contribution is 7.92. The van der Waals surface area contributed by atoms with Gasteiger partial charge >= 0.3 is 0 Å². The first-order valence-corrected chi connectivity index (χ1v) is 7.40. The van der Waals surface area contributed by atoms with Crippen molar-refractivity contribution in [2.24, 2.45) is 0 Å². The SMILES string of the molecule is Cc1cc(Cl)ccc1NS(=O)(=O)c1c(F)cccc1F. The van der Waals surface area contributed by atoms with E-state index in [1.807, 2.05) is 0 Å². The van der Waals surface area contributed by atoms with Crippen molar-refractivity contribution >= 4 is 27.3 Å². The lowest BCUT2D eigenvalue weighted by Crippen LogP contribution is -2.17. The predicted molar refractivity (Wildman–Crippen MR) is 73.4 cm³/mol. The van der Waals surface area contributed by atoms with Crippen molar-refractivity contribution in [3.05, 3.63) is 58.6 Å². The number of benzene rings is 2. The molecule has 2 rings (SSSR count). The van der Waals surface area contributed by atoms with Gasteiger partial charge in [0.2, 0.25) is 0 Å². The molecule has 20 heavy (non-hydrogen) atoms. The van der Waals surface area contributed by atoms with Gasteiger partial charge in [0.15, 0.2) is 4.90 Å². The fraction of sp³-hybridized carbons (Fsp3) is 0.0769. The van der Waals surface area contributed by atoms with Crippen LogP contribution in [-0.2, 0) is 10.0 Å². The van der Waals surface area contributed by atoms with Crippen LogP contribution in [0.2, 0.25) is 5.02 Å². The molecule has 0 unspecified atom stereocenters. The lowest BCUT2D eigenvalue weighted by molar-refractivity contribution is 0.521. The maximum atomic E-state index is 13.5. The molecular weight excluding hydrogens is 308 g/mol. The van der Waals surface area contributed by atoms with Crippen molar-refractivity contribution in [3.8, 4) is 0 Å². The molecule has 106 valence electrons. The van der Waals surface area contributed by atoms with Crippen molar-refractivity contribution in [1.29, 1.82) is 0 Å². The van der Waals surface area contributed by atoms with Crippen LogP contribution >= 0.6 is 11.6 Å². The molecular formula is C13H10ClF2NO2S. The normalized spacial score (nSPS) is 11.4. The summed E-state index contributed by atoms with van der Waals surface area (Å²) in [6, 6.07) is 7.30. The van der Waals surface area contributed by atoms with E-state index in [4.69, 9.17) is 11.6 Å². The van der Waals surface area contributed by atoms with E-state index < -0.39 is 26.6 Å². The minimum atomic E-state index is -4.35. The van der Waals surface area contributed by atoms with E-state index in [1.54, 1.807) is 6.92 Å². The number of aryl methyl sites for hydroxylation is 1. The molecule has 0 atom stereocenters. The number of sulfonamides is 1. The smallest absolute Gasteiger partial charge is 0.267 e. The Morgan fingerprint density at radius 3 is 2.25 bits per heavy atom. The third kappa shape index (κ3) is 2.91. The monoisotopic (exact) mass is 317 g/mol. The van der Waals surface area contributed by atoms with E-state index >= 15 is 0 Å². The average Bonchev–Trinajstić information content (AvgIpc) is 2.32. The summed E-state index contributed by atoms with van der Waals surface area (Å²) >= 11 is 5.76. The summed E-state index contributed by atoms with van der Waals surface area (Å²) in [5.74, 6) is -2.30. The van der Waals surface area contributed by atoms with E-state index in [0.717, 1.165) is 18.2 Å². The van der Waals surface area contributed by atoms with Gasteiger partial charge in [0, 0.05) is 5.02 Å². The van der Waals surface area contributed by atoms with E-state index in [2.05, 4.69) is 4.72 Å². The fourth-order valence-electron chi connectivity index (χ4n) is 1.68. The summed E-state index contributed by atoms with van der Waals surface area (Å²) in [7, 11) is -4.35. The van der Waals surface area contributed by atoms with Crippen LogP contribution in [0.1, 0.15) is 5.56 Å². The third-order valence-corrected chi connectivity index (χ3v) is 4.27. The summed E-state index contributed by atoms with van der Waals surface area (Å²) < 4.78 is 53.3. The van der Waals surface area contributed by atoms with Crippen LogP contribution in [0, 0.1) is 18.6 Å². The van der Waals surface area contributed by atoms with Gasteiger partial charge in [0.05, 0.1) is 5.69 Å². The summed E-state index contributed by atoms with van der Waals surface area (Å²) in [5, 5.41) is 0.433. The van der Waals surface area contributed by atoms with Crippen molar-refractivity contribution in [2.75, 3.05) is 4.72 Å². The number of hydrogen-bond acceptors (Lipinski definition) is 2. The molecule has 0 aliphatic rings. The molecule has 0 saturated heterocycles. The first-order valence-electron chi connectivity index (χ1n) is 5.54. The average molecular weight is 318 g/mol. The van der Waals surface area contributed by atoms with Gasteiger partial charge in [-0.15, -0.1) is 0 Å². The van der Waals surface area contributed by atoms with Crippen molar-refractivity contribution in [1.82, 2.24) is 0 Å². The minimum Gasteiger partial charge on any atom is -0.279 e. The van der Waals surface area contributed by atoms with Gasteiger partial charge in [-0.05, 0) is 42.8 Å². The molecule has 0 amide bonds. The number of nitrogens with one attached hydrogen (secondary N) is 1. The standard InChI is InChI=1S/C13H10ClF2NO2S/c1-8-7-9(14)5-6-12(8)17-20(18,19)13-10(15)3-2-4-11(13)16/h2-7,17H,1H3. The molecule has 0 heterocycles. The molecule has 0 aliphatic heterocycles. The zero-order valence-corrected chi connectivity index (χ0v) is 11.9. The molecule has 3 nitrogen and oxygen atoms in total. The number of halogens is 3. The van der Waals surface area contributed by atoms with Crippen molar-refractivity contribution in [3.63, 3.8) is 0 Å². The minimum absolute atomic E-state index is 0.206. The number of hydrogen-bond donors (Lipinski definition) is 1. The predicted octanol–water partition coefficient (Wildman–Crippen LogP) is 3.73. The lowest BCUT2D eigenvalue weighted by Gasteiger charge is -2.11. The molecule has 7 heteroatoms. The maximum Gasteiger partial charge on any atom is 0.267 e. The molecule has 0 bridgehead atoms. The van der Waals surface area contributed by atoms with Gasteiger partial charge in [-0.2, -0.15) is 0 Å². The Balaban J connectivity index is 2.46. The zero-order valence-electron chi connectivity index (χ0n) is 10.3. The van der Waals surface area contributed by atoms with Gasteiger partial charge in [0.1, 0.15) is 11.6 Å².